The third kappa shape index (κ3) is 3.46. The number of carbonyl (C=O) groups is 1. The smallest absolute Gasteiger partial charge is 0.420 e. The van der Waals surface area contributed by atoms with Gasteiger partial charge in [-0.3, -0.25) is 0 Å². The number of rotatable bonds is 5. The van der Waals surface area contributed by atoms with E-state index in [1.54, 1.807) is 13.2 Å². The molecule has 0 radical (unpaired) electrons. The first-order valence-electron chi connectivity index (χ1n) is 8.14. The first kappa shape index (κ1) is 17.3. The van der Waals surface area contributed by atoms with Crippen LogP contribution in [-0.2, 0) is 4.74 Å². The summed E-state index contributed by atoms with van der Waals surface area (Å²) in [6, 6.07) is 12.9. The highest BCUT2D eigenvalue weighted by atomic mass is 35.5. The second-order valence-electron chi connectivity index (χ2n) is 5.58. The molecule has 5 nitrogen and oxygen atoms in total. The van der Waals surface area contributed by atoms with Crippen LogP contribution in [0.15, 0.2) is 42.5 Å². The summed E-state index contributed by atoms with van der Waals surface area (Å²) >= 11 is 6.03. The molecule has 0 bridgehead atoms. The van der Waals surface area contributed by atoms with Crippen molar-refractivity contribution in [2.24, 2.45) is 0 Å². The van der Waals surface area contributed by atoms with Gasteiger partial charge in [-0.1, -0.05) is 37.1 Å². The van der Waals surface area contributed by atoms with Crippen LogP contribution < -0.4 is 4.74 Å². The Morgan fingerprint density at radius 3 is 2.80 bits per heavy atom. The molecule has 0 aliphatic rings. The average Bonchev–Trinajstić information content (AvgIpc) is 3.00. The van der Waals surface area contributed by atoms with E-state index in [4.69, 9.17) is 21.1 Å². The van der Waals surface area contributed by atoms with Gasteiger partial charge in [0.2, 0.25) is 0 Å². The van der Waals surface area contributed by atoms with Crippen LogP contribution in [0.5, 0.6) is 5.75 Å². The highest BCUT2D eigenvalue weighted by molar-refractivity contribution is 6.29. The number of pyridine rings is 1. The number of methoxy groups -OCH3 is 1. The first-order chi connectivity index (χ1) is 12.2. The highest BCUT2D eigenvalue weighted by Gasteiger charge is 2.21. The molecule has 0 N–H and O–H groups in total. The molecule has 130 valence electrons. The number of fused-ring (bicyclic) bond motifs is 1. The molecule has 0 spiro atoms. The minimum absolute atomic E-state index is 0.319. The summed E-state index contributed by atoms with van der Waals surface area (Å²) in [7, 11) is 1.60. The number of hydrogen-bond acceptors (Lipinski definition) is 4. The SMILES string of the molecule is CCCCOC(=O)n1c(-c2ccccc2OC)cc2ccc(Cl)nc21. The van der Waals surface area contributed by atoms with Gasteiger partial charge in [0.05, 0.1) is 19.4 Å². The molecular weight excluding hydrogens is 340 g/mol. The average molecular weight is 359 g/mol. The summed E-state index contributed by atoms with van der Waals surface area (Å²) < 4.78 is 12.3. The zero-order valence-corrected chi connectivity index (χ0v) is 14.9. The summed E-state index contributed by atoms with van der Waals surface area (Å²) in [6.45, 7) is 2.40. The Morgan fingerprint density at radius 2 is 2.04 bits per heavy atom. The molecule has 3 rings (SSSR count). The molecule has 2 heterocycles. The van der Waals surface area contributed by atoms with Gasteiger partial charge in [-0.15, -0.1) is 0 Å². The van der Waals surface area contributed by atoms with E-state index in [0.717, 1.165) is 23.8 Å². The van der Waals surface area contributed by atoms with Crippen molar-refractivity contribution in [3.63, 3.8) is 0 Å². The Morgan fingerprint density at radius 1 is 1.24 bits per heavy atom. The topological polar surface area (TPSA) is 53.4 Å². The maximum absolute atomic E-state index is 12.7. The Labute approximate surface area is 151 Å². The lowest BCUT2D eigenvalue weighted by Crippen LogP contribution is -2.16. The molecule has 0 atom stereocenters. The van der Waals surface area contributed by atoms with E-state index in [1.807, 2.05) is 43.3 Å². The molecule has 3 aromatic rings. The molecule has 6 heteroatoms. The quantitative estimate of drug-likeness (QED) is 0.467. The van der Waals surface area contributed by atoms with E-state index in [1.165, 1.54) is 4.57 Å². The van der Waals surface area contributed by atoms with Gasteiger partial charge in [-0.2, -0.15) is 0 Å². The standard InChI is InChI=1S/C19H19ClN2O3/c1-3-4-11-25-19(23)22-15(14-7-5-6-8-16(14)24-2)12-13-9-10-17(20)21-18(13)22/h5-10,12H,3-4,11H2,1-2H3. The van der Waals surface area contributed by atoms with E-state index >= 15 is 0 Å². The number of halogens is 1. The molecular formula is C19H19ClN2O3. The van der Waals surface area contributed by atoms with Gasteiger partial charge in [0.15, 0.2) is 5.65 Å². The Hall–Kier alpha value is -2.53. The summed E-state index contributed by atoms with van der Waals surface area (Å²) in [6.07, 6.45) is 1.28. The van der Waals surface area contributed by atoms with Crippen LogP contribution in [0.2, 0.25) is 5.15 Å². The van der Waals surface area contributed by atoms with Gasteiger partial charge >= 0.3 is 6.09 Å². The van der Waals surface area contributed by atoms with Crippen LogP contribution in [0.3, 0.4) is 0 Å². The van der Waals surface area contributed by atoms with Gasteiger partial charge in [0, 0.05) is 10.9 Å². The third-order valence-corrected chi connectivity index (χ3v) is 4.12. The number of ether oxygens (including phenoxy) is 2. The zero-order chi connectivity index (χ0) is 17.8. The Bertz CT molecular complexity index is 905. The lowest BCUT2D eigenvalue weighted by atomic mass is 10.1. The van der Waals surface area contributed by atoms with E-state index in [-0.39, 0.29) is 0 Å². The summed E-state index contributed by atoms with van der Waals surface area (Å²) in [5, 5.41) is 1.12. The van der Waals surface area contributed by atoms with Crippen molar-refractivity contribution >= 4 is 28.7 Å². The van der Waals surface area contributed by atoms with E-state index in [2.05, 4.69) is 4.98 Å². The summed E-state index contributed by atoms with van der Waals surface area (Å²) in [5.41, 5.74) is 1.91. The van der Waals surface area contributed by atoms with Gasteiger partial charge in [0.1, 0.15) is 10.9 Å². The first-order valence-corrected chi connectivity index (χ1v) is 8.52. The fourth-order valence-corrected chi connectivity index (χ4v) is 2.80. The monoisotopic (exact) mass is 358 g/mol. The van der Waals surface area contributed by atoms with E-state index in [9.17, 15) is 4.79 Å². The second kappa shape index (κ2) is 7.57. The highest BCUT2D eigenvalue weighted by Crippen LogP contribution is 2.34. The normalized spacial score (nSPS) is 10.8. The molecule has 2 aromatic heterocycles. The number of nitrogens with zero attached hydrogens (tertiary/aromatic N) is 2. The van der Waals surface area contributed by atoms with Crippen molar-refractivity contribution in [1.29, 1.82) is 0 Å². The number of para-hydroxylation sites is 1. The molecule has 1 aromatic carbocycles. The second-order valence-corrected chi connectivity index (χ2v) is 5.97. The fraction of sp³-hybridized carbons (Fsp3) is 0.263. The van der Waals surface area contributed by atoms with Gasteiger partial charge in [0.25, 0.3) is 0 Å². The Kier molecular flexibility index (Phi) is 5.24. The van der Waals surface area contributed by atoms with Crippen LogP contribution >= 0.6 is 11.6 Å². The number of unbranched alkanes of at least 4 members (excludes halogenated alkanes) is 1. The summed E-state index contributed by atoms with van der Waals surface area (Å²) in [5.74, 6) is 0.666. The molecule has 0 aliphatic carbocycles. The number of benzene rings is 1. The van der Waals surface area contributed by atoms with Crippen molar-refractivity contribution < 1.29 is 14.3 Å². The zero-order valence-electron chi connectivity index (χ0n) is 14.2. The van der Waals surface area contributed by atoms with E-state index < -0.39 is 6.09 Å². The summed E-state index contributed by atoms with van der Waals surface area (Å²) in [4.78, 5) is 17.0. The van der Waals surface area contributed by atoms with Crippen LogP contribution in [0.1, 0.15) is 19.8 Å². The fourth-order valence-electron chi connectivity index (χ4n) is 2.66. The predicted molar refractivity (Wildman–Crippen MR) is 98.4 cm³/mol. The number of carbonyl (C=O) groups excluding carboxylic acids is 1. The number of aromatic nitrogens is 2. The van der Waals surface area contributed by atoms with Gasteiger partial charge in [-0.25, -0.2) is 14.3 Å². The van der Waals surface area contributed by atoms with Crippen molar-refractivity contribution in [3.8, 4) is 17.0 Å². The van der Waals surface area contributed by atoms with Crippen molar-refractivity contribution in [2.45, 2.75) is 19.8 Å². The molecule has 25 heavy (non-hydrogen) atoms. The molecule has 0 saturated heterocycles. The van der Waals surface area contributed by atoms with Crippen molar-refractivity contribution in [3.05, 3.63) is 47.6 Å². The van der Waals surface area contributed by atoms with Gasteiger partial charge in [-0.05, 0) is 36.8 Å². The molecule has 0 fully saturated rings. The lowest BCUT2D eigenvalue weighted by molar-refractivity contribution is 0.147. The van der Waals surface area contributed by atoms with Crippen molar-refractivity contribution in [1.82, 2.24) is 9.55 Å². The Balaban J connectivity index is 2.17. The van der Waals surface area contributed by atoms with Crippen LogP contribution in [-0.4, -0.2) is 29.4 Å². The molecule has 0 amide bonds. The largest absolute Gasteiger partial charge is 0.496 e. The van der Waals surface area contributed by atoms with Crippen molar-refractivity contribution in [2.75, 3.05) is 13.7 Å². The minimum Gasteiger partial charge on any atom is -0.496 e. The van der Waals surface area contributed by atoms with Crippen LogP contribution in [0.25, 0.3) is 22.3 Å². The number of hydrogen-bond donors (Lipinski definition) is 0. The molecule has 0 saturated carbocycles. The van der Waals surface area contributed by atoms with E-state index in [0.29, 0.717) is 28.9 Å². The van der Waals surface area contributed by atoms with Crippen LogP contribution in [0.4, 0.5) is 4.79 Å². The van der Waals surface area contributed by atoms with Gasteiger partial charge < -0.3 is 9.47 Å². The predicted octanol–water partition coefficient (Wildman–Crippen LogP) is 5.15. The molecule has 0 aliphatic heterocycles. The maximum Gasteiger partial charge on any atom is 0.420 e. The maximum atomic E-state index is 12.7. The third-order valence-electron chi connectivity index (χ3n) is 3.91. The lowest BCUT2D eigenvalue weighted by Gasteiger charge is -2.12. The van der Waals surface area contributed by atoms with Crippen LogP contribution in [0, 0.1) is 0 Å². The minimum atomic E-state index is -0.473. The molecule has 0 unspecified atom stereocenters.